The van der Waals surface area contributed by atoms with Crippen molar-refractivity contribution in [3.63, 3.8) is 0 Å². The van der Waals surface area contributed by atoms with Gasteiger partial charge in [-0.1, -0.05) is 48.6 Å². The first kappa shape index (κ1) is 18.0. The number of benzene rings is 2. The maximum Gasteiger partial charge on any atom is 0.162 e. The average Bonchev–Trinajstić information content (AvgIpc) is 3.04. The molecule has 0 N–H and O–H groups in total. The lowest BCUT2D eigenvalue weighted by Gasteiger charge is -2.04. The van der Waals surface area contributed by atoms with Crippen molar-refractivity contribution in [1.29, 1.82) is 0 Å². The number of Topliss-reactive ketones (excluding diaryl/α,β-unsaturated/α-hetero) is 2. The highest BCUT2D eigenvalue weighted by molar-refractivity contribution is 7.26. The fourth-order valence-electron chi connectivity index (χ4n) is 3.36. The Labute approximate surface area is 161 Å². The van der Waals surface area contributed by atoms with Gasteiger partial charge in [0.15, 0.2) is 11.6 Å². The summed E-state index contributed by atoms with van der Waals surface area (Å²) >= 11 is 1.66. The first-order valence-electron chi connectivity index (χ1n) is 8.98. The van der Waals surface area contributed by atoms with Gasteiger partial charge in [-0.15, -0.1) is 11.3 Å². The lowest BCUT2D eigenvalue weighted by molar-refractivity contribution is -0.123. The summed E-state index contributed by atoms with van der Waals surface area (Å²) in [5.74, 6) is 0.119. The predicted molar refractivity (Wildman–Crippen MR) is 108 cm³/mol. The largest absolute Gasteiger partial charge is 0.370 e. The number of carbonyl (C=O) groups is 2. The summed E-state index contributed by atoms with van der Waals surface area (Å²) in [6.07, 6.45) is 4.32. The minimum absolute atomic E-state index is 0.0596. The van der Waals surface area contributed by atoms with Crippen molar-refractivity contribution in [2.45, 2.75) is 12.8 Å². The van der Waals surface area contributed by atoms with Gasteiger partial charge in [0, 0.05) is 33.0 Å². The third-order valence-electron chi connectivity index (χ3n) is 4.58. The molecule has 5 heteroatoms. The molecule has 0 aliphatic carbocycles. The van der Waals surface area contributed by atoms with Crippen LogP contribution in [0.3, 0.4) is 0 Å². The molecule has 3 aromatic rings. The quantitative estimate of drug-likeness (QED) is 0.556. The molecule has 0 saturated heterocycles. The van der Waals surface area contributed by atoms with Crippen LogP contribution < -0.4 is 0 Å². The third kappa shape index (κ3) is 4.00. The Morgan fingerprint density at radius 1 is 0.704 bits per heavy atom. The Hall–Kier alpha value is -2.34. The summed E-state index contributed by atoms with van der Waals surface area (Å²) in [5.41, 5.74) is 2.03. The van der Waals surface area contributed by atoms with E-state index >= 15 is 0 Å². The second kappa shape index (κ2) is 8.13. The molecular weight excluding hydrogens is 360 g/mol. The Morgan fingerprint density at radius 3 is 1.67 bits per heavy atom. The van der Waals surface area contributed by atoms with Gasteiger partial charge in [-0.3, -0.25) is 9.59 Å². The standard InChI is InChI=1S/C22H20O4S/c23-17-11-15-5-3-7-19-20-8-4-6-16(22(20)27-21(15)19)12-18(24)14-26-10-2-1-9-25-13-17/h1-8H,9-14H2/b2-1+. The van der Waals surface area contributed by atoms with Crippen LogP contribution in [0.2, 0.25) is 0 Å². The molecule has 0 atom stereocenters. The molecule has 1 aromatic heterocycles. The maximum atomic E-state index is 12.3. The van der Waals surface area contributed by atoms with Crippen LogP contribution in [-0.4, -0.2) is 38.0 Å². The lowest BCUT2D eigenvalue weighted by Crippen LogP contribution is -2.12. The number of carbonyl (C=O) groups excluding carboxylic acids is 2. The van der Waals surface area contributed by atoms with Gasteiger partial charge in [0.1, 0.15) is 13.2 Å². The Morgan fingerprint density at radius 2 is 1.19 bits per heavy atom. The number of hydrogen-bond donors (Lipinski definition) is 0. The first-order valence-corrected chi connectivity index (χ1v) is 9.80. The fourth-order valence-corrected chi connectivity index (χ4v) is 4.68. The van der Waals surface area contributed by atoms with E-state index in [1.54, 1.807) is 11.3 Å². The summed E-state index contributed by atoms with van der Waals surface area (Å²) in [4.78, 5) is 24.6. The van der Waals surface area contributed by atoms with Crippen molar-refractivity contribution in [2.75, 3.05) is 26.4 Å². The zero-order chi connectivity index (χ0) is 18.6. The van der Waals surface area contributed by atoms with E-state index in [0.29, 0.717) is 26.1 Å². The fraction of sp³-hybridized carbons (Fsp3) is 0.273. The second-order valence-corrected chi connectivity index (χ2v) is 7.64. The molecule has 0 fully saturated rings. The van der Waals surface area contributed by atoms with Crippen molar-refractivity contribution in [2.24, 2.45) is 0 Å². The van der Waals surface area contributed by atoms with Gasteiger partial charge in [0.05, 0.1) is 13.2 Å². The van der Waals surface area contributed by atoms with E-state index in [-0.39, 0.29) is 24.8 Å². The van der Waals surface area contributed by atoms with Gasteiger partial charge in [0.25, 0.3) is 0 Å². The molecule has 2 aromatic carbocycles. The number of rotatable bonds is 0. The van der Waals surface area contributed by atoms with Gasteiger partial charge < -0.3 is 9.47 Å². The van der Waals surface area contributed by atoms with Crippen LogP contribution in [0.5, 0.6) is 0 Å². The van der Waals surface area contributed by atoms with E-state index in [1.165, 1.54) is 0 Å². The Kier molecular flexibility index (Phi) is 5.43. The number of ether oxygens (including phenoxy) is 2. The molecule has 0 radical (unpaired) electrons. The van der Waals surface area contributed by atoms with E-state index in [9.17, 15) is 9.59 Å². The molecule has 4 nitrogen and oxygen atoms in total. The third-order valence-corrected chi connectivity index (χ3v) is 5.96. The topological polar surface area (TPSA) is 52.6 Å². The second-order valence-electron chi connectivity index (χ2n) is 6.62. The van der Waals surface area contributed by atoms with Crippen molar-refractivity contribution < 1.29 is 19.1 Å². The molecule has 0 amide bonds. The van der Waals surface area contributed by atoms with Gasteiger partial charge in [-0.25, -0.2) is 0 Å². The predicted octanol–water partition coefficient (Wildman–Crippen LogP) is 3.88. The van der Waals surface area contributed by atoms with Crippen LogP contribution >= 0.6 is 11.3 Å². The Balaban J connectivity index is 1.78. The summed E-state index contributed by atoms with van der Waals surface area (Å²) < 4.78 is 13.1. The molecule has 2 bridgehead atoms. The zero-order valence-corrected chi connectivity index (χ0v) is 15.7. The zero-order valence-electron chi connectivity index (χ0n) is 14.9. The summed E-state index contributed by atoms with van der Waals surface area (Å²) in [6.45, 7) is 0.906. The Bertz CT molecular complexity index is 951. The number of ketones is 2. The maximum absolute atomic E-state index is 12.3. The molecule has 1 aliphatic rings. The summed E-state index contributed by atoms with van der Waals surface area (Å²) in [5, 5.41) is 2.27. The lowest BCUT2D eigenvalue weighted by atomic mass is 10.0. The van der Waals surface area contributed by atoms with Crippen LogP contribution in [0.15, 0.2) is 48.6 Å². The molecule has 0 spiro atoms. The highest BCUT2D eigenvalue weighted by Crippen LogP contribution is 2.38. The molecule has 0 unspecified atom stereocenters. The van der Waals surface area contributed by atoms with Crippen molar-refractivity contribution in [1.82, 2.24) is 0 Å². The van der Waals surface area contributed by atoms with Gasteiger partial charge >= 0.3 is 0 Å². The van der Waals surface area contributed by atoms with Gasteiger partial charge in [0.2, 0.25) is 0 Å². The highest BCUT2D eigenvalue weighted by atomic mass is 32.1. The molecule has 1 aliphatic heterocycles. The molecule has 4 rings (SSSR count). The van der Waals surface area contributed by atoms with Crippen LogP contribution in [0.1, 0.15) is 11.1 Å². The van der Waals surface area contributed by atoms with E-state index in [1.807, 2.05) is 36.4 Å². The minimum atomic E-state index is 0.0596. The van der Waals surface area contributed by atoms with Gasteiger partial charge in [-0.05, 0) is 11.1 Å². The molecular formula is C22H20O4S. The van der Waals surface area contributed by atoms with Crippen LogP contribution in [0, 0.1) is 0 Å². The van der Waals surface area contributed by atoms with Crippen molar-refractivity contribution >= 4 is 43.1 Å². The molecule has 2 heterocycles. The van der Waals surface area contributed by atoms with Crippen LogP contribution in [0.4, 0.5) is 0 Å². The number of thiophene rings is 1. The molecule has 138 valence electrons. The van der Waals surface area contributed by atoms with E-state index < -0.39 is 0 Å². The van der Waals surface area contributed by atoms with Crippen molar-refractivity contribution in [3.05, 3.63) is 59.7 Å². The van der Waals surface area contributed by atoms with Gasteiger partial charge in [-0.2, -0.15) is 0 Å². The number of hydrogen-bond acceptors (Lipinski definition) is 5. The summed E-state index contributed by atoms with van der Waals surface area (Å²) in [7, 11) is 0. The normalized spacial score (nSPS) is 18.4. The SMILES string of the molecule is O=C1COC/C=C/COCC(=O)Cc2cccc3c2sc2c(cccc23)C1. The minimum Gasteiger partial charge on any atom is -0.370 e. The van der Waals surface area contributed by atoms with Crippen molar-refractivity contribution in [3.8, 4) is 0 Å². The van der Waals surface area contributed by atoms with E-state index in [2.05, 4.69) is 12.1 Å². The van der Waals surface area contributed by atoms with Crippen LogP contribution in [0.25, 0.3) is 20.2 Å². The van der Waals surface area contributed by atoms with Crippen LogP contribution in [-0.2, 0) is 31.9 Å². The average molecular weight is 380 g/mol. The monoisotopic (exact) mass is 380 g/mol. The highest BCUT2D eigenvalue weighted by Gasteiger charge is 2.15. The first-order chi connectivity index (χ1) is 13.2. The number of fused-ring (bicyclic) bond motifs is 1. The van der Waals surface area contributed by atoms with E-state index in [4.69, 9.17) is 9.47 Å². The summed E-state index contributed by atoms with van der Waals surface area (Å²) in [6, 6.07) is 12.1. The molecule has 0 saturated carbocycles. The smallest absolute Gasteiger partial charge is 0.162 e. The molecule has 27 heavy (non-hydrogen) atoms. The van der Waals surface area contributed by atoms with E-state index in [0.717, 1.165) is 31.3 Å².